The Hall–Kier alpha value is -1.06. The highest BCUT2D eigenvalue weighted by Gasteiger charge is 2.31. The van der Waals surface area contributed by atoms with Gasteiger partial charge in [-0.2, -0.15) is 0 Å². The molecule has 1 saturated heterocycles. The van der Waals surface area contributed by atoms with E-state index in [2.05, 4.69) is 5.32 Å². The van der Waals surface area contributed by atoms with Crippen LogP contribution >= 0.6 is 0 Å². The van der Waals surface area contributed by atoms with Gasteiger partial charge < -0.3 is 10.4 Å². The van der Waals surface area contributed by atoms with Crippen LogP contribution in [0.25, 0.3) is 0 Å². The Morgan fingerprint density at radius 1 is 1.64 bits per heavy atom. The fourth-order valence-electron chi connectivity index (χ4n) is 2.04. The van der Waals surface area contributed by atoms with Gasteiger partial charge in [-0.25, -0.2) is 0 Å². The topological polar surface area (TPSA) is 66.4 Å². The van der Waals surface area contributed by atoms with Gasteiger partial charge >= 0.3 is 5.97 Å². The molecular formula is C10H17NO3. The van der Waals surface area contributed by atoms with Crippen molar-refractivity contribution in [2.75, 3.05) is 0 Å². The van der Waals surface area contributed by atoms with E-state index < -0.39 is 5.97 Å². The number of carbonyl (C=O) groups is 2. The lowest BCUT2D eigenvalue weighted by Crippen LogP contribution is -2.48. The second kappa shape index (κ2) is 4.44. The van der Waals surface area contributed by atoms with E-state index in [1.807, 2.05) is 13.8 Å². The number of hydrogen-bond acceptors (Lipinski definition) is 2. The van der Waals surface area contributed by atoms with Crippen LogP contribution in [-0.4, -0.2) is 23.0 Å². The molecule has 0 radical (unpaired) electrons. The molecule has 0 aromatic carbocycles. The largest absolute Gasteiger partial charge is 0.481 e. The summed E-state index contributed by atoms with van der Waals surface area (Å²) in [6.07, 6.45) is 1.31. The molecule has 14 heavy (non-hydrogen) atoms. The van der Waals surface area contributed by atoms with Crippen LogP contribution in [-0.2, 0) is 9.59 Å². The highest BCUT2D eigenvalue weighted by molar-refractivity contribution is 5.77. The Balaban J connectivity index is 2.62. The predicted molar refractivity (Wildman–Crippen MR) is 51.7 cm³/mol. The van der Waals surface area contributed by atoms with Crippen LogP contribution in [0, 0.1) is 11.8 Å². The zero-order valence-corrected chi connectivity index (χ0v) is 8.62. The van der Waals surface area contributed by atoms with E-state index in [4.69, 9.17) is 5.11 Å². The summed E-state index contributed by atoms with van der Waals surface area (Å²) in [5.74, 6) is -0.351. The standard InChI is InChI=1S/C10H17NO3/c1-6(2)10-7(5-9(13)14)3-4-8(12)11-10/h6-7,10H,3-5H2,1-2H3,(H,11,12)(H,13,14)/t7-,10-/m0/s1. The van der Waals surface area contributed by atoms with Crippen LogP contribution in [0.4, 0.5) is 0 Å². The normalized spacial score (nSPS) is 27.5. The van der Waals surface area contributed by atoms with Crippen molar-refractivity contribution in [3.8, 4) is 0 Å². The van der Waals surface area contributed by atoms with Gasteiger partial charge in [-0.1, -0.05) is 13.8 Å². The smallest absolute Gasteiger partial charge is 0.303 e. The molecule has 1 fully saturated rings. The molecule has 0 bridgehead atoms. The number of rotatable bonds is 3. The second-order valence-corrected chi connectivity index (χ2v) is 4.23. The van der Waals surface area contributed by atoms with Gasteiger partial charge in [0.15, 0.2) is 0 Å². The molecule has 1 aliphatic rings. The maximum absolute atomic E-state index is 11.2. The first-order valence-corrected chi connectivity index (χ1v) is 5.02. The highest BCUT2D eigenvalue weighted by Crippen LogP contribution is 2.25. The first-order chi connectivity index (χ1) is 6.50. The van der Waals surface area contributed by atoms with E-state index in [9.17, 15) is 9.59 Å². The quantitative estimate of drug-likeness (QED) is 0.713. The van der Waals surface area contributed by atoms with Crippen LogP contribution in [0.1, 0.15) is 33.1 Å². The van der Waals surface area contributed by atoms with Crippen molar-refractivity contribution in [2.24, 2.45) is 11.8 Å². The molecule has 2 atom stereocenters. The molecule has 1 amide bonds. The number of hydrogen-bond donors (Lipinski definition) is 2. The number of nitrogens with one attached hydrogen (secondary N) is 1. The molecule has 0 aliphatic carbocycles. The maximum Gasteiger partial charge on any atom is 0.303 e. The summed E-state index contributed by atoms with van der Waals surface area (Å²) in [7, 11) is 0. The summed E-state index contributed by atoms with van der Waals surface area (Å²) in [6, 6.07) is 0.0207. The zero-order chi connectivity index (χ0) is 10.7. The van der Waals surface area contributed by atoms with Crippen molar-refractivity contribution in [1.29, 1.82) is 0 Å². The molecule has 1 heterocycles. The average Bonchev–Trinajstić information content (AvgIpc) is 2.07. The summed E-state index contributed by atoms with van der Waals surface area (Å²) in [5, 5.41) is 11.6. The van der Waals surface area contributed by atoms with E-state index >= 15 is 0 Å². The molecule has 0 saturated carbocycles. The minimum Gasteiger partial charge on any atom is -0.481 e. The van der Waals surface area contributed by atoms with Gasteiger partial charge in [0.25, 0.3) is 0 Å². The lowest BCUT2D eigenvalue weighted by molar-refractivity contribution is -0.140. The van der Waals surface area contributed by atoms with Crippen molar-refractivity contribution in [3.63, 3.8) is 0 Å². The van der Waals surface area contributed by atoms with E-state index in [0.717, 1.165) is 0 Å². The first kappa shape index (κ1) is 11.0. The SMILES string of the molecule is CC(C)[C@@H]1NC(=O)CC[C@H]1CC(=O)O. The third-order valence-electron chi connectivity index (χ3n) is 2.73. The number of carbonyl (C=O) groups excluding carboxylic acids is 1. The van der Waals surface area contributed by atoms with Gasteiger partial charge in [0, 0.05) is 12.5 Å². The summed E-state index contributed by atoms with van der Waals surface area (Å²) < 4.78 is 0. The van der Waals surface area contributed by atoms with Crippen molar-refractivity contribution >= 4 is 11.9 Å². The van der Waals surface area contributed by atoms with E-state index in [1.165, 1.54) is 0 Å². The van der Waals surface area contributed by atoms with Crippen LogP contribution in [0.2, 0.25) is 0 Å². The monoisotopic (exact) mass is 199 g/mol. The second-order valence-electron chi connectivity index (χ2n) is 4.23. The Bertz CT molecular complexity index is 238. The first-order valence-electron chi connectivity index (χ1n) is 5.02. The number of amides is 1. The van der Waals surface area contributed by atoms with E-state index in [0.29, 0.717) is 18.8 Å². The molecular weight excluding hydrogens is 182 g/mol. The molecule has 0 aromatic rings. The Labute approximate surface area is 83.7 Å². The van der Waals surface area contributed by atoms with Crippen LogP contribution in [0.5, 0.6) is 0 Å². The summed E-state index contributed by atoms with van der Waals surface area (Å²) >= 11 is 0. The van der Waals surface area contributed by atoms with Crippen LogP contribution in [0.15, 0.2) is 0 Å². The molecule has 80 valence electrons. The van der Waals surface area contributed by atoms with Gasteiger partial charge in [0.1, 0.15) is 0 Å². The molecule has 1 rings (SSSR count). The molecule has 1 aliphatic heterocycles. The average molecular weight is 199 g/mol. The van der Waals surface area contributed by atoms with Crippen LogP contribution in [0.3, 0.4) is 0 Å². The number of carboxylic acid groups (broad SMARTS) is 1. The summed E-state index contributed by atoms with van der Waals surface area (Å²) in [4.78, 5) is 21.8. The molecule has 0 spiro atoms. The number of piperidine rings is 1. The molecule has 4 heteroatoms. The minimum absolute atomic E-state index is 0.0207. The molecule has 0 aromatic heterocycles. The van der Waals surface area contributed by atoms with Crippen molar-refractivity contribution in [2.45, 2.75) is 39.2 Å². The number of aliphatic carboxylic acids is 1. The minimum atomic E-state index is -0.781. The molecule has 4 nitrogen and oxygen atoms in total. The van der Waals surface area contributed by atoms with E-state index in [-0.39, 0.29) is 24.3 Å². The number of carboxylic acids is 1. The van der Waals surface area contributed by atoms with Gasteiger partial charge in [0.05, 0.1) is 6.42 Å². The fraction of sp³-hybridized carbons (Fsp3) is 0.800. The van der Waals surface area contributed by atoms with Crippen molar-refractivity contribution < 1.29 is 14.7 Å². The lowest BCUT2D eigenvalue weighted by atomic mass is 9.82. The molecule has 0 unspecified atom stereocenters. The summed E-state index contributed by atoms with van der Waals surface area (Å²) in [5.41, 5.74) is 0. The zero-order valence-electron chi connectivity index (χ0n) is 8.62. The summed E-state index contributed by atoms with van der Waals surface area (Å²) in [6.45, 7) is 4.01. The van der Waals surface area contributed by atoms with E-state index in [1.54, 1.807) is 0 Å². The Morgan fingerprint density at radius 2 is 2.29 bits per heavy atom. The Morgan fingerprint density at radius 3 is 2.79 bits per heavy atom. The third-order valence-corrected chi connectivity index (χ3v) is 2.73. The van der Waals surface area contributed by atoms with Crippen molar-refractivity contribution in [1.82, 2.24) is 5.32 Å². The maximum atomic E-state index is 11.2. The van der Waals surface area contributed by atoms with Gasteiger partial charge in [-0.15, -0.1) is 0 Å². The lowest BCUT2D eigenvalue weighted by Gasteiger charge is -2.34. The van der Waals surface area contributed by atoms with Gasteiger partial charge in [-0.3, -0.25) is 9.59 Å². The van der Waals surface area contributed by atoms with Gasteiger partial charge in [0.2, 0.25) is 5.91 Å². The predicted octanol–water partition coefficient (Wildman–Crippen LogP) is 1.01. The molecule has 2 N–H and O–H groups in total. The highest BCUT2D eigenvalue weighted by atomic mass is 16.4. The Kier molecular flexibility index (Phi) is 3.49. The van der Waals surface area contributed by atoms with Gasteiger partial charge in [-0.05, 0) is 18.3 Å². The van der Waals surface area contributed by atoms with Crippen molar-refractivity contribution in [3.05, 3.63) is 0 Å². The third kappa shape index (κ3) is 2.72. The fourth-order valence-corrected chi connectivity index (χ4v) is 2.04. The van der Waals surface area contributed by atoms with Crippen LogP contribution < -0.4 is 5.32 Å².